The van der Waals surface area contributed by atoms with Crippen molar-refractivity contribution in [2.45, 2.75) is 55.4 Å². The maximum Gasteiger partial charge on any atom is 0.290 e. The van der Waals surface area contributed by atoms with Gasteiger partial charge in [0.25, 0.3) is 6.47 Å². The van der Waals surface area contributed by atoms with Crippen LogP contribution < -0.4 is 21.3 Å². The lowest BCUT2D eigenvalue weighted by atomic mass is 10.1. The van der Waals surface area contributed by atoms with Crippen molar-refractivity contribution >= 4 is 40.3 Å². The molecular weight excluding hydrogens is 476 g/mol. The number of rotatable bonds is 10. The van der Waals surface area contributed by atoms with Crippen LogP contribution in [-0.4, -0.2) is 47.7 Å². The summed E-state index contributed by atoms with van der Waals surface area (Å²) < 4.78 is 0. The molecule has 2 aromatic carbocycles. The van der Waals surface area contributed by atoms with Gasteiger partial charge in [0.2, 0.25) is 0 Å². The maximum atomic E-state index is 8.36. The summed E-state index contributed by atoms with van der Waals surface area (Å²) in [4.78, 5) is 20.8. The molecule has 0 saturated heterocycles. The van der Waals surface area contributed by atoms with Gasteiger partial charge in [-0.15, -0.1) is 0 Å². The van der Waals surface area contributed by atoms with E-state index < -0.39 is 0 Å². The number of carbonyl (C=O) groups is 1. The van der Waals surface area contributed by atoms with Crippen molar-refractivity contribution in [1.82, 2.24) is 9.97 Å². The minimum Gasteiger partial charge on any atom is -0.483 e. The second-order valence-corrected chi connectivity index (χ2v) is 11.3. The molecule has 1 aromatic heterocycles. The van der Waals surface area contributed by atoms with Crippen molar-refractivity contribution in [2.24, 2.45) is 23.7 Å². The Balaban J connectivity index is 0.000000345. The lowest BCUT2D eigenvalue weighted by molar-refractivity contribution is -0.122. The Labute approximate surface area is 229 Å². The molecule has 0 aliphatic rings. The van der Waals surface area contributed by atoms with Gasteiger partial charge < -0.3 is 31.4 Å². The first kappa shape index (κ1) is 32.6. The highest BCUT2D eigenvalue weighted by Gasteiger charge is 2.15. The number of anilines is 4. The Morgan fingerprint density at radius 1 is 0.789 bits per heavy atom. The molecular formula is C30H50N6O2. The highest BCUT2D eigenvalue weighted by atomic mass is 16.3. The first-order valence-electron chi connectivity index (χ1n) is 13.5. The molecule has 8 heteroatoms. The van der Waals surface area contributed by atoms with Gasteiger partial charge in [-0.25, -0.2) is 4.98 Å². The number of nitrogens with two attached hydrogens (primary N) is 2. The average Bonchev–Trinajstić information content (AvgIpc) is 3.29. The predicted octanol–water partition coefficient (Wildman–Crippen LogP) is 6.35. The molecule has 0 unspecified atom stereocenters. The third kappa shape index (κ3) is 10.9. The predicted molar refractivity (Wildman–Crippen MR) is 164 cm³/mol. The summed E-state index contributed by atoms with van der Waals surface area (Å²) in [5.41, 5.74) is 17.8. The van der Waals surface area contributed by atoms with Crippen LogP contribution >= 0.6 is 0 Å². The third-order valence-corrected chi connectivity index (χ3v) is 5.57. The van der Waals surface area contributed by atoms with Crippen LogP contribution in [0.25, 0.3) is 11.0 Å². The van der Waals surface area contributed by atoms with Crippen molar-refractivity contribution < 1.29 is 9.90 Å². The van der Waals surface area contributed by atoms with Crippen LogP contribution in [0.2, 0.25) is 0 Å². The number of aromatic amines is 1. The smallest absolute Gasteiger partial charge is 0.290 e. The van der Waals surface area contributed by atoms with Crippen molar-refractivity contribution in [3.05, 3.63) is 42.7 Å². The zero-order valence-electron chi connectivity index (χ0n) is 24.6. The molecule has 0 aliphatic heterocycles. The second-order valence-electron chi connectivity index (χ2n) is 11.3. The quantitative estimate of drug-likeness (QED) is 0.179. The van der Waals surface area contributed by atoms with E-state index in [1.54, 1.807) is 6.33 Å². The highest BCUT2D eigenvalue weighted by Crippen LogP contribution is 2.29. The first-order chi connectivity index (χ1) is 17.9. The van der Waals surface area contributed by atoms with Crippen molar-refractivity contribution in [2.75, 3.05) is 47.4 Å². The zero-order valence-corrected chi connectivity index (χ0v) is 24.6. The Kier molecular flexibility index (Phi) is 14.1. The van der Waals surface area contributed by atoms with E-state index in [0.717, 1.165) is 42.9 Å². The molecule has 0 radical (unpaired) electrons. The molecule has 0 aliphatic carbocycles. The number of benzene rings is 2. The third-order valence-electron chi connectivity index (χ3n) is 5.57. The molecule has 0 spiro atoms. The number of hydrogen-bond acceptors (Lipinski definition) is 6. The first-order valence-corrected chi connectivity index (χ1v) is 13.5. The summed E-state index contributed by atoms with van der Waals surface area (Å²) in [6.45, 7) is 21.8. The molecule has 38 heavy (non-hydrogen) atoms. The molecule has 3 aromatic rings. The summed E-state index contributed by atoms with van der Waals surface area (Å²) in [5, 5.41) is 6.89. The minimum absolute atomic E-state index is 0.250. The monoisotopic (exact) mass is 526 g/mol. The molecule has 3 rings (SSSR count). The van der Waals surface area contributed by atoms with Crippen LogP contribution in [0.5, 0.6) is 0 Å². The fourth-order valence-electron chi connectivity index (χ4n) is 4.36. The average molecular weight is 527 g/mol. The molecule has 8 nitrogen and oxygen atoms in total. The normalized spacial score (nSPS) is 10.8. The van der Waals surface area contributed by atoms with E-state index >= 15 is 0 Å². The fraction of sp³-hybridized carbons (Fsp3) is 0.533. The van der Waals surface area contributed by atoms with Crippen molar-refractivity contribution in [3.63, 3.8) is 0 Å². The van der Waals surface area contributed by atoms with Crippen LogP contribution in [0.1, 0.15) is 55.4 Å². The number of nitrogens with zero attached hydrogens (tertiary/aromatic N) is 3. The van der Waals surface area contributed by atoms with Crippen LogP contribution in [-0.2, 0) is 4.79 Å². The Morgan fingerprint density at radius 3 is 1.68 bits per heavy atom. The summed E-state index contributed by atoms with van der Waals surface area (Å²) in [6, 6.07) is 12.2. The number of fused-ring (bicyclic) bond motifs is 1. The van der Waals surface area contributed by atoms with Gasteiger partial charge in [0.15, 0.2) is 0 Å². The number of nitrogens with one attached hydrogen (secondary N) is 1. The molecule has 0 atom stereocenters. The summed E-state index contributed by atoms with van der Waals surface area (Å²) in [7, 11) is 0. The molecule has 0 fully saturated rings. The van der Waals surface area contributed by atoms with Gasteiger partial charge in [-0.3, -0.25) is 4.79 Å². The SMILES string of the molecule is CC(C)CN(CC(C)C)c1cccc(N)c1N.CC(C)CN(CC(C)C)c1cccc2[nH]cnc12.O=CO. The van der Waals surface area contributed by atoms with E-state index in [1.165, 1.54) is 5.69 Å². The van der Waals surface area contributed by atoms with E-state index in [0.29, 0.717) is 35.0 Å². The summed E-state index contributed by atoms with van der Waals surface area (Å²) in [6.07, 6.45) is 1.77. The van der Waals surface area contributed by atoms with Crippen LogP contribution in [0.4, 0.5) is 22.7 Å². The van der Waals surface area contributed by atoms with Gasteiger partial charge in [0.1, 0.15) is 5.52 Å². The van der Waals surface area contributed by atoms with Crippen molar-refractivity contribution in [1.29, 1.82) is 0 Å². The summed E-state index contributed by atoms with van der Waals surface area (Å²) >= 11 is 0. The summed E-state index contributed by atoms with van der Waals surface area (Å²) in [5.74, 6) is 2.51. The molecule has 0 bridgehead atoms. The van der Waals surface area contributed by atoms with Crippen LogP contribution in [0.3, 0.4) is 0 Å². The molecule has 6 N–H and O–H groups in total. The molecule has 0 amide bonds. The number of carboxylic acid groups (broad SMARTS) is 1. The fourth-order valence-corrected chi connectivity index (χ4v) is 4.36. The lowest BCUT2D eigenvalue weighted by Crippen LogP contribution is -2.32. The van der Waals surface area contributed by atoms with E-state index in [1.807, 2.05) is 12.1 Å². The number of nitrogen functional groups attached to an aromatic ring is 2. The van der Waals surface area contributed by atoms with E-state index in [-0.39, 0.29) is 6.47 Å². The topological polar surface area (TPSA) is 125 Å². The van der Waals surface area contributed by atoms with Crippen LogP contribution in [0.15, 0.2) is 42.7 Å². The highest BCUT2D eigenvalue weighted by molar-refractivity contribution is 5.88. The van der Waals surface area contributed by atoms with Crippen molar-refractivity contribution in [3.8, 4) is 0 Å². The Bertz CT molecular complexity index is 1060. The number of para-hydroxylation sites is 2. The van der Waals surface area contributed by atoms with Gasteiger partial charge >= 0.3 is 0 Å². The number of H-pyrrole nitrogens is 1. The van der Waals surface area contributed by atoms with E-state index in [2.05, 4.69) is 99.4 Å². The van der Waals surface area contributed by atoms with Gasteiger partial charge in [0, 0.05) is 26.2 Å². The van der Waals surface area contributed by atoms with Gasteiger partial charge in [0.05, 0.1) is 34.6 Å². The van der Waals surface area contributed by atoms with Gasteiger partial charge in [-0.2, -0.15) is 0 Å². The standard InChI is InChI=1S/C15H23N3.C14H25N3.CH2O2/c1-11(2)8-18(9-12(3)4)14-7-5-6-13-15(14)17-10-16-13;1-10(2)8-17(9-11(3)4)13-7-5-6-12(15)14(13)16;2-1-3/h5-7,10-12H,8-9H2,1-4H3,(H,16,17);5-7,10-11H,8-9,15-16H2,1-4H3;1H,(H,2,3). The zero-order chi connectivity index (χ0) is 28.8. The molecule has 212 valence electrons. The second kappa shape index (κ2) is 16.4. The van der Waals surface area contributed by atoms with Crippen LogP contribution in [0, 0.1) is 23.7 Å². The lowest BCUT2D eigenvalue weighted by Gasteiger charge is -2.30. The minimum atomic E-state index is -0.250. The molecule has 1 heterocycles. The largest absolute Gasteiger partial charge is 0.483 e. The van der Waals surface area contributed by atoms with Gasteiger partial charge in [-0.1, -0.05) is 67.5 Å². The maximum absolute atomic E-state index is 8.36. The number of imidazole rings is 1. The Hall–Kier alpha value is -3.42. The van der Waals surface area contributed by atoms with Gasteiger partial charge in [-0.05, 0) is 47.9 Å². The Morgan fingerprint density at radius 2 is 1.21 bits per heavy atom. The molecule has 0 saturated carbocycles. The van der Waals surface area contributed by atoms with E-state index in [9.17, 15) is 0 Å². The number of aromatic nitrogens is 2. The number of hydrogen-bond donors (Lipinski definition) is 4. The van der Waals surface area contributed by atoms with E-state index in [4.69, 9.17) is 21.4 Å².